The maximum Gasteiger partial charge on any atom is 0.348 e. The lowest BCUT2D eigenvalue weighted by atomic mass is 10.1. The molecule has 1 aromatic heterocycles. The molecule has 7 heteroatoms. The summed E-state index contributed by atoms with van der Waals surface area (Å²) in [6.45, 7) is 4.71. The molecule has 0 radical (unpaired) electrons. The van der Waals surface area contributed by atoms with Gasteiger partial charge in [0.25, 0.3) is 5.79 Å². The molecule has 23 heavy (non-hydrogen) atoms. The fourth-order valence-electron chi connectivity index (χ4n) is 2.08. The number of aryl methyl sites for hydroxylation is 1. The van der Waals surface area contributed by atoms with E-state index in [0.717, 1.165) is 5.56 Å². The Morgan fingerprint density at radius 3 is 2.13 bits per heavy atom. The van der Waals surface area contributed by atoms with Crippen molar-refractivity contribution >= 4 is 18.0 Å². The summed E-state index contributed by atoms with van der Waals surface area (Å²) >= 11 is 0. The second-order valence-electron chi connectivity index (χ2n) is 5.49. The molecule has 1 aliphatic rings. The highest BCUT2D eigenvalue weighted by atomic mass is 16.7. The van der Waals surface area contributed by atoms with Crippen LogP contribution >= 0.6 is 0 Å². The van der Waals surface area contributed by atoms with E-state index in [1.165, 1.54) is 19.9 Å². The van der Waals surface area contributed by atoms with Crippen molar-refractivity contribution in [3.8, 4) is 11.5 Å². The Bertz CT molecular complexity index is 780. The molecule has 0 saturated carbocycles. The molecule has 3 rings (SSSR count). The highest BCUT2D eigenvalue weighted by Gasteiger charge is 2.38. The first-order valence-corrected chi connectivity index (χ1v) is 6.93. The van der Waals surface area contributed by atoms with Gasteiger partial charge >= 0.3 is 11.9 Å². The first-order chi connectivity index (χ1) is 10.8. The van der Waals surface area contributed by atoms with E-state index in [4.69, 9.17) is 13.9 Å². The average Bonchev–Trinajstić information content (AvgIpc) is 2.89. The fraction of sp³-hybridized carbons (Fsp3) is 0.250. The molecule has 0 unspecified atom stereocenters. The van der Waals surface area contributed by atoms with Crippen molar-refractivity contribution in [2.75, 3.05) is 0 Å². The van der Waals surface area contributed by atoms with Crippen LogP contribution in [0.2, 0.25) is 0 Å². The summed E-state index contributed by atoms with van der Waals surface area (Å²) in [5.41, 5.74) is 1.24. The zero-order chi connectivity index (χ0) is 16.6. The zero-order valence-corrected chi connectivity index (χ0v) is 12.8. The molecule has 1 aliphatic heterocycles. The van der Waals surface area contributed by atoms with Gasteiger partial charge in [0.2, 0.25) is 11.8 Å². The lowest BCUT2D eigenvalue weighted by Crippen LogP contribution is -2.41. The van der Waals surface area contributed by atoms with Crippen LogP contribution in [0.3, 0.4) is 0 Å². The lowest BCUT2D eigenvalue weighted by Gasteiger charge is -2.29. The third-order valence-electron chi connectivity index (χ3n) is 3.11. The molecule has 0 N–H and O–H groups in total. The van der Waals surface area contributed by atoms with Gasteiger partial charge in [0.1, 0.15) is 5.57 Å². The number of nitrogens with zero attached hydrogens (tertiary/aromatic N) is 2. The summed E-state index contributed by atoms with van der Waals surface area (Å²) in [5.74, 6) is -1.78. The number of rotatable bonds is 2. The van der Waals surface area contributed by atoms with Crippen molar-refractivity contribution in [2.24, 2.45) is 0 Å². The van der Waals surface area contributed by atoms with E-state index in [9.17, 15) is 9.59 Å². The van der Waals surface area contributed by atoms with E-state index in [2.05, 4.69) is 10.2 Å². The molecule has 1 fully saturated rings. The monoisotopic (exact) mass is 314 g/mol. The Balaban J connectivity index is 1.85. The van der Waals surface area contributed by atoms with Crippen LogP contribution in [-0.2, 0) is 19.1 Å². The summed E-state index contributed by atoms with van der Waals surface area (Å²) < 4.78 is 15.4. The van der Waals surface area contributed by atoms with Gasteiger partial charge in [-0.2, -0.15) is 0 Å². The lowest BCUT2D eigenvalue weighted by molar-refractivity contribution is -0.222. The van der Waals surface area contributed by atoms with Crippen molar-refractivity contribution in [3.63, 3.8) is 0 Å². The van der Waals surface area contributed by atoms with E-state index < -0.39 is 17.7 Å². The molecular weight excluding hydrogens is 300 g/mol. The number of carbonyl (C=O) groups excluding carboxylic acids is 2. The molecule has 2 aromatic rings. The number of benzene rings is 1. The van der Waals surface area contributed by atoms with Gasteiger partial charge in [-0.15, -0.1) is 10.2 Å². The fourth-order valence-corrected chi connectivity index (χ4v) is 2.08. The third-order valence-corrected chi connectivity index (χ3v) is 3.11. The molecule has 118 valence electrons. The van der Waals surface area contributed by atoms with Crippen molar-refractivity contribution in [2.45, 2.75) is 26.6 Å². The standard InChI is InChI=1S/C16H14N2O5/c1-9-17-18-13(21-9)11-6-4-10(5-7-11)8-12-14(19)22-16(2,3)23-15(12)20/h4-8H,1-3H3. The smallest absolute Gasteiger partial charge is 0.348 e. The van der Waals surface area contributed by atoms with Gasteiger partial charge in [0.05, 0.1) is 0 Å². The Labute approximate surface area is 131 Å². The Hall–Kier alpha value is -2.96. The molecule has 7 nitrogen and oxygen atoms in total. The maximum absolute atomic E-state index is 11.9. The van der Waals surface area contributed by atoms with Gasteiger partial charge in [-0.05, 0) is 23.8 Å². The predicted molar refractivity (Wildman–Crippen MR) is 78.7 cm³/mol. The zero-order valence-electron chi connectivity index (χ0n) is 12.8. The first kappa shape index (κ1) is 15.0. The van der Waals surface area contributed by atoms with Gasteiger partial charge in [0, 0.05) is 26.3 Å². The molecule has 0 atom stereocenters. The minimum absolute atomic E-state index is 0.147. The van der Waals surface area contributed by atoms with Crippen LogP contribution in [0.1, 0.15) is 25.3 Å². The van der Waals surface area contributed by atoms with Gasteiger partial charge in [-0.3, -0.25) is 0 Å². The van der Waals surface area contributed by atoms with E-state index in [1.807, 2.05) is 0 Å². The summed E-state index contributed by atoms with van der Waals surface area (Å²) in [6.07, 6.45) is 1.42. The Morgan fingerprint density at radius 1 is 1.00 bits per heavy atom. The van der Waals surface area contributed by atoms with Crippen LogP contribution in [0.15, 0.2) is 34.3 Å². The van der Waals surface area contributed by atoms with Crippen LogP contribution in [0.25, 0.3) is 17.5 Å². The van der Waals surface area contributed by atoms with Crippen LogP contribution in [0.5, 0.6) is 0 Å². The highest BCUT2D eigenvalue weighted by Crippen LogP contribution is 2.25. The topological polar surface area (TPSA) is 91.5 Å². The summed E-state index contributed by atoms with van der Waals surface area (Å²) in [4.78, 5) is 23.8. The van der Waals surface area contributed by atoms with Gasteiger partial charge in [-0.1, -0.05) is 12.1 Å². The Morgan fingerprint density at radius 2 is 1.61 bits per heavy atom. The normalized spacial score (nSPS) is 16.7. The number of esters is 2. The van der Waals surface area contributed by atoms with E-state index >= 15 is 0 Å². The van der Waals surface area contributed by atoms with Crippen molar-refractivity contribution in [1.82, 2.24) is 10.2 Å². The molecule has 0 aliphatic carbocycles. The van der Waals surface area contributed by atoms with Gasteiger partial charge in [0.15, 0.2) is 0 Å². The number of cyclic esters (lactones) is 2. The van der Waals surface area contributed by atoms with Crippen LogP contribution in [0, 0.1) is 6.92 Å². The van der Waals surface area contributed by atoms with Crippen molar-refractivity contribution < 1.29 is 23.5 Å². The summed E-state index contributed by atoms with van der Waals surface area (Å²) in [7, 11) is 0. The minimum atomic E-state index is -1.24. The van der Waals surface area contributed by atoms with Crippen LogP contribution < -0.4 is 0 Å². The first-order valence-electron chi connectivity index (χ1n) is 6.93. The average molecular weight is 314 g/mol. The number of hydrogen-bond donors (Lipinski definition) is 0. The molecular formula is C16H14N2O5. The van der Waals surface area contributed by atoms with Gasteiger partial charge in [-0.25, -0.2) is 9.59 Å². The van der Waals surface area contributed by atoms with E-state index in [0.29, 0.717) is 17.3 Å². The van der Waals surface area contributed by atoms with E-state index in [-0.39, 0.29) is 5.57 Å². The van der Waals surface area contributed by atoms with Crippen LogP contribution in [0.4, 0.5) is 0 Å². The molecule has 2 heterocycles. The minimum Gasteiger partial charge on any atom is -0.421 e. The molecule has 0 spiro atoms. The molecule has 0 amide bonds. The second-order valence-corrected chi connectivity index (χ2v) is 5.49. The number of aromatic nitrogens is 2. The molecule has 1 aromatic carbocycles. The van der Waals surface area contributed by atoms with E-state index in [1.54, 1.807) is 31.2 Å². The number of carbonyl (C=O) groups is 2. The molecule has 1 saturated heterocycles. The van der Waals surface area contributed by atoms with Crippen LogP contribution in [-0.4, -0.2) is 27.9 Å². The largest absolute Gasteiger partial charge is 0.421 e. The highest BCUT2D eigenvalue weighted by molar-refractivity contribution is 6.18. The quantitative estimate of drug-likeness (QED) is 0.477. The maximum atomic E-state index is 11.9. The van der Waals surface area contributed by atoms with Crippen molar-refractivity contribution in [3.05, 3.63) is 41.3 Å². The third kappa shape index (κ3) is 3.13. The summed E-state index contributed by atoms with van der Waals surface area (Å²) in [6, 6.07) is 6.95. The van der Waals surface area contributed by atoms with Gasteiger partial charge < -0.3 is 13.9 Å². The second kappa shape index (κ2) is 5.35. The van der Waals surface area contributed by atoms with Crippen molar-refractivity contribution in [1.29, 1.82) is 0 Å². The number of hydrogen-bond acceptors (Lipinski definition) is 7. The Kier molecular flexibility index (Phi) is 3.48. The SMILES string of the molecule is Cc1nnc(-c2ccc(C=C3C(=O)OC(C)(C)OC3=O)cc2)o1. The number of ether oxygens (including phenoxy) is 2. The predicted octanol–water partition coefficient (Wildman–Crippen LogP) is 2.26. The molecule has 0 bridgehead atoms. The summed E-state index contributed by atoms with van der Waals surface area (Å²) in [5, 5.41) is 7.68.